The van der Waals surface area contributed by atoms with E-state index < -0.39 is 8.80 Å². The Labute approximate surface area is 178 Å². The number of benzene rings is 2. The molecule has 0 fully saturated rings. The topological polar surface area (TPSA) is 0 Å². The van der Waals surface area contributed by atoms with Crippen LogP contribution in [-0.4, -0.2) is 31.4 Å². The van der Waals surface area contributed by atoms with Crippen molar-refractivity contribution in [2.75, 3.05) is 0 Å². The first-order chi connectivity index (χ1) is 13.2. The molecule has 2 aromatic carbocycles. The van der Waals surface area contributed by atoms with Gasteiger partial charge in [-0.15, -0.1) is 0 Å². The van der Waals surface area contributed by atoms with E-state index in [1.165, 1.54) is 0 Å². The minimum atomic E-state index is -0.793. The lowest BCUT2D eigenvalue weighted by Crippen LogP contribution is -2.51. The Kier molecular flexibility index (Phi) is 8.94. The quantitative estimate of drug-likeness (QED) is 0.369. The lowest BCUT2D eigenvalue weighted by Gasteiger charge is -2.32. The average molecular weight is 430 g/mol. The Morgan fingerprint density at radius 1 is 0.536 bits per heavy atom. The number of hydrogen-bond donors (Lipinski definition) is 0. The molecule has 0 saturated heterocycles. The Bertz CT molecular complexity index is 672. The van der Waals surface area contributed by atoms with Gasteiger partial charge in [0.1, 0.15) is 8.80 Å². The smallest absolute Gasteiger partial charge is 0.0702 e. The molecule has 0 atom stereocenters. The van der Waals surface area contributed by atoms with Gasteiger partial charge in [0.15, 0.2) is 0 Å². The maximum absolute atomic E-state index is 2.53. The van der Waals surface area contributed by atoms with Crippen LogP contribution in [-0.2, 0) is 0 Å². The van der Waals surface area contributed by atoms with E-state index in [0.29, 0.717) is 0 Å². The van der Waals surface area contributed by atoms with Crippen LogP contribution in [0.2, 0.25) is 6.55 Å². The maximum Gasteiger partial charge on any atom is 0.119 e. The molecule has 0 N–H and O–H groups in total. The highest BCUT2D eigenvalue weighted by atomic mass is 31.1. The monoisotopic (exact) mass is 429 g/mol. The molecule has 0 heterocycles. The van der Waals surface area contributed by atoms with Crippen molar-refractivity contribution >= 4 is 45.6 Å². The fourth-order valence-electron chi connectivity index (χ4n) is 4.48. The van der Waals surface area contributed by atoms with Crippen LogP contribution in [0.15, 0.2) is 48.5 Å². The standard InChI is InChI=1S/C25H39P2Si/c1-18(2)26(19(3)4)22-14-10-12-16-24(22)28(9)25-17-13-11-15-23(25)27(20(5)6)21(7)8/h10-21H,1-9H3. The van der Waals surface area contributed by atoms with E-state index in [0.717, 1.165) is 22.6 Å². The van der Waals surface area contributed by atoms with Gasteiger partial charge in [-0.25, -0.2) is 0 Å². The Hall–Kier alpha value is -0.483. The molecular formula is C25H39P2Si. The summed E-state index contributed by atoms with van der Waals surface area (Å²) in [7, 11) is -1.07. The van der Waals surface area contributed by atoms with Crippen molar-refractivity contribution in [3.63, 3.8) is 0 Å². The second-order valence-electron chi connectivity index (χ2n) is 8.85. The summed E-state index contributed by atoms with van der Waals surface area (Å²) in [6, 6.07) is 18.8. The van der Waals surface area contributed by atoms with Crippen molar-refractivity contribution in [1.82, 2.24) is 0 Å². The summed E-state index contributed by atoms with van der Waals surface area (Å²) in [4.78, 5) is 0. The zero-order valence-electron chi connectivity index (χ0n) is 19.3. The minimum Gasteiger partial charge on any atom is -0.0702 e. The molecule has 153 valence electrons. The van der Waals surface area contributed by atoms with Gasteiger partial charge in [-0.1, -0.05) is 126 Å². The Morgan fingerprint density at radius 2 is 0.821 bits per heavy atom. The van der Waals surface area contributed by atoms with Crippen LogP contribution in [0, 0.1) is 0 Å². The number of hydrogen-bond acceptors (Lipinski definition) is 0. The van der Waals surface area contributed by atoms with Crippen molar-refractivity contribution in [2.45, 2.75) is 84.6 Å². The molecule has 0 aliphatic carbocycles. The molecule has 0 saturated carbocycles. The minimum absolute atomic E-state index is 0.136. The van der Waals surface area contributed by atoms with Crippen LogP contribution >= 0.6 is 15.8 Å². The molecule has 2 aromatic rings. The first-order valence-corrected chi connectivity index (χ1v) is 15.7. The lowest BCUT2D eigenvalue weighted by molar-refractivity contribution is 1.02. The van der Waals surface area contributed by atoms with Crippen LogP contribution < -0.4 is 21.0 Å². The fourth-order valence-corrected chi connectivity index (χ4v) is 14.0. The lowest BCUT2D eigenvalue weighted by atomic mass is 10.3. The van der Waals surface area contributed by atoms with Crippen molar-refractivity contribution in [3.05, 3.63) is 48.5 Å². The summed E-state index contributed by atoms with van der Waals surface area (Å²) in [6.45, 7) is 21.8. The summed E-state index contributed by atoms with van der Waals surface area (Å²) >= 11 is 0. The third kappa shape index (κ3) is 5.36. The van der Waals surface area contributed by atoms with Crippen molar-refractivity contribution in [3.8, 4) is 0 Å². The van der Waals surface area contributed by atoms with Gasteiger partial charge in [-0.05, 0) is 43.6 Å². The van der Waals surface area contributed by atoms with E-state index in [1.807, 2.05) is 0 Å². The summed E-state index contributed by atoms with van der Waals surface area (Å²) < 4.78 is 0. The third-order valence-corrected chi connectivity index (χ3v) is 14.7. The van der Waals surface area contributed by atoms with Gasteiger partial charge in [-0.3, -0.25) is 0 Å². The van der Waals surface area contributed by atoms with Gasteiger partial charge >= 0.3 is 0 Å². The van der Waals surface area contributed by atoms with E-state index in [1.54, 1.807) is 21.0 Å². The van der Waals surface area contributed by atoms with Crippen molar-refractivity contribution < 1.29 is 0 Å². The first kappa shape index (κ1) is 23.8. The third-order valence-electron chi connectivity index (χ3n) is 5.40. The van der Waals surface area contributed by atoms with E-state index >= 15 is 0 Å². The zero-order valence-corrected chi connectivity index (χ0v) is 22.1. The van der Waals surface area contributed by atoms with Crippen LogP contribution in [0.3, 0.4) is 0 Å². The predicted molar refractivity (Wildman–Crippen MR) is 137 cm³/mol. The highest BCUT2D eigenvalue weighted by Gasteiger charge is 2.28. The fraction of sp³-hybridized carbons (Fsp3) is 0.520. The molecule has 1 radical (unpaired) electrons. The van der Waals surface area contributed by atoms with Gasteiger partial charge < -0.3 is 0 Å². The second kappa shape index (κ2) is 10.5. The molecule has 2 rings (SSSR count). The van der Waals surface area contributed by atoms with Crippen LogP contribution in [0.5, 0.6) is 0 Å². The maximum atomic E-state index is 2.53. The van der Waals surface area contributed by atoms with Gasteiger partial charge in [0.25, 0.3) is 0 Å². The molecule has 0 unspecified atom stereocenters. The molecule has 0 bridgehead atoms. The highest BCUT2D eigenvalue weighted by molar-refractivity contribution is 7.68. The Balaban J connectivity index is 2.59. The average Bonchev–Trinajstić information content (AvgIpc) is 2.61. The molecule has 0 aliphatic heterocycles. The van der Waals surface area contributed by atoms with Crippen LogP contribution in [0.1, 0.15) is 55.4 Å². The van der Waals surface area contributed by atoms with E-state index in [4.69, 9.17) is 0 Å². The molecule has 0 aromatic heterocycles. The van der Waals surface area contributed by atoms with Gasteiger partial charge in [0, 0.05) is 0 Å². The van der Waals surface area contributed by atoms with Crippen molar-refractivity contribution in [1.29, 1.82) is 0 Å². The first-order valence-electron chi connectivity index (χ1n) is 10.8. The summed E-state index contributed by atoms with van der Waals surface area (Å²) in [5, 5.41) is 6.62. The van der Waals surface area contributed by atoms with Crippen molar-refractivity contribution in [2.24, 2.45) is 0 Å². The molecule has 0 amide bonds. The Morgan fingerprint density at radius 3 is 1.11 bits per heavy atom. The highest BCUT2D eigenvalue weighted by Crippen LogP contribution is 2.45. The van der Waals surface area contributed by atoms with Gasteiger partial charge in [0.05, 0.1) is 0 Å². The van der Waals surface area contributed by atoms with Crippen LogP contribution in [0.25, 0.3) is 0 Å². The van der Waals surface area contributed by atoms with Crippen LogP contribution in [0.4, 0.5) is 0 Å². The number of rotatable bonds is 8. The molecule has 0 nitrogen and oxygen atoms in total. The summed E-state index contributed by atoms with van der Waals surface area (Å²) in [5.74, 6) is 0. The van der Waals surface area contributed by atoms with E-state index in [-0.39, 0.29) is 15.8 Å². The zero-order chi connectivity index (χ0) is 21.0. The second-order valence-corrected chi connectivity index (χ2v) is 17.9. The molecular weight excluding hydrogens is 390 g/mol. The molecule has 28 heavy (non-hydrogen) atoms. The molecule has 3 heteroatoms. The largest absolute Gasteiger partial charge is 0.119 e. The van der Waals surface area contributed by atoms with Gasteiger partial charge in [0.2, 0.25) is 0 Å². The normalized spacial score (nSPS) is 12.6. The SMILES string of the molecule is CC(C)P(c1ccccc1[Si](C)c1ccccc1P(C(C)C)C(C)C)C(C)C. The molecule has 0 aliphatic rings. The summed E-state index contributed by atoms with van der Waals surface area (Å²) in [5.41, 5.74) is 2.91. The predicted octanol–water partition coefficient (Wildman–Crippen LogP) is 5.77. The van der Waals surface area contributed by atoms with E-state index in [2.05, 4.69) is 110 Å². The molecule has 0 spiro atoms. The van der Waals surface area contributed by atoms with Gasteiger partial charge in [-0.2, -0.15) is 0 Å². The van der Waals surface area contributed by atoms with E-state index in [9.17, 15) is 0 Å². The summed E-state index contributed by atoms with van der Waals surface area (Å²) in [6.07, 6.45) is 0.